The van der Waals surface area contributed by atoms with E-state index in [4.69, 9.17) is 0 Å². The van der Waals surface area contributed by atoms with Crippen molar-refractivity contribution in [2.75, 3.05) is 6.54 Å². The minimum absolute atomic E-state index is 0.00647. The molecule has 6 nitrogen and oxygen atoms in total. The minimum atomic E-state index is -3.79. The Balaban J connectivity index is 1.91. The third-order valence-corrected chi connectivity index (χ3v) is 6.26. The Morgan fingerprint density at radius 2 is 1.48 bits per heavy atom. The number of benzene rings is 2. The molecule has 1 saturated carbocycles. The van der Waals surface area contributed by atoms with Gasteiger partial charge in [0, 0.05) is 12.6 Å². The largest absolute Gasteiger partial charge is 0.508 e. The van der Waals surface area contributed by atoms with E-state index >= 15 is 0 Å². The molecule has 0 radical (unpaired) electrons. The van der Waals surface area contributed by atoms with Crippen molar-refractivity contribution in [3.05, 3.63) is 54.1 Å². The van der Waals surface area contributed by atoms with Crippen LogP contribution in [0.25, 0.3) is 0 Å². The predicted octanol–water partition coefficient (Wildman–Crippen LogP) is 2.16. The van der Waals surface area contributed by atoms with Gasteiger partial charge in [0.1, 0.15) is 17.1 Å². The van der Waals surface area contributed by atoms with Crippen LogP contribution in [0.1, 0.15) is 25.3 Å². The topological polar surface area (TPSA) is 98.1 Å². The van der Waals surface area contributed by atoms with Crippen LogP contribution in [0.5, 0.6) is 11.5 Å². The van der Waals surface area contributed by atoms with Crippen molar-refractivity contribution in [1.29, 1.82) is 0 Å². The quantitative estimate of drug-likeness (QED) is 0.731. The summed E-state index contributed by atoms with van der Waals surface area (Å²) in [5.41, 5.74) is -0.878. The van der Waals surface area contributed by atoms with E-state index in [1.54, 1.807) is 19.1 Å². The number of aliphatic hydroxyl groups is 1. The maximum absolute atomic E-state index is 13.0. The second-order valence-corrected chi connectivity index (χ2v) is 8.49. The molecule has 3 rings (SSSR count). The van der Waals surface area contributed by atoms with Crippen LogP contribution >= 0.6 is 0 Å². The van der Waals surface area contributed by atoms with Crippen LogP contribution in [0.3, 0.4) is 0 Å². The maximum Gasteiger partial charge on any atom is 0.243 e. The molecule has 7 heteroatoms. The molecule has 0 amide bonds. The van der Waals surface area contributed by atoms with Gasteiger partial charge in [0.2, 0.25) is 10.0 Å². The summed E-state index contributed by atoms with van der Waals surface area (Å²) in [7, 11) is -3.79. The fraction of sp³-hybridized carbons (Fsp3) is 0.333. The number of hydrogen-bond donors (Lipinski definition) is 3. The van der Waals surface area contributed by atoms with Crippen molar-refractivity contribution in [2.45, 2.75) is 36.3 Å². The summed E-state index contributed by atoms with van der Waals surface area (Å²) in [5, 5.41) is 29.6. The number of rotatable bonds is 6. The lowest BCUT2D eigenvalue weighted by Crippen LogP contribution is -2.43. The molecule has 1 fully saturated rings. The Hall–Kier alpha value is -2.09. The van der Waals surface area contributed by atoms with Crippen molar-refractivity contribution in [2.24, 2.45) is 0 Å². The number of sulfonamides is 1. The lowest BCUT2D eigenvalue weighted by Gasteiger charge is -2.31. The Kier molecular flexibility index (Phi) is 4.49. The number of phenols is 2. The summed E-state index contributed by atoms with van der Waals surface area (Å²) in [4.78, 5) is 0.0821. The van der Waals surface area contributed by atoms with Crippen LogP contribution < -0.4 is 0 Å². The van der Waals surface area contributed by atoms with Gasteiger partial charge in [-0.25, -0.2) is 8.42 Å². The molecule has 0 spiro atoms. The molecule has 3 N–H and O–H groups in total. The van der Waals surface area contributed by atoms with Crippen LogP contribution in [0, 0.1) is 0 Å². The maximum atomic E-state index is 13.0. The average molecular weight is 363 g/mol. The van der Waals surface area contributed by atoms with Crippen LogP contribution in [-0.2, 0) is 15.6 Å². The first-order chi connectivity index (χ1) is 11.7. The number of phenolic OH excluding ortho intramolecular Hbond substituents is 2. The van der Waals surface area contributed by atoms with Crippen molar-refractivity contribution in [3.8, 4) is 11.5 Å². The van der Waals surface area contributed by atoms with E-state index in [1.165, 1.54) is 40.7 Å². The van der Waals surface area contributed by atoms with Crippen molar-refractivity contribution in [1.82, 2.24) is 4.31 Å². The Morgan fingerprint density at radius 1 is 1.00 bits per heavy atom. The Labute approximate surface area is 147 Å². The normalized spacial score (nSPS) is 17.4. The first-order valence-corrected chi connectivity index (χ1v) is 9.47. The molecule has 0 bridgehead atoms. The highest BCUT2D eigenvalue weighted by Crippen LogP contribution is 2.36. The fourth-order valence-electron chi connectivity index (χ4n) is 2.74. The van der Waals surface area contributed by atoms with Crippen LogP contribution in [0.2, 0.25) is 0 Å². The van der Waals surface area contributed by atoms with Gasteiger partial charge in [-0.05, 0) is 61.7 Å². The molecule has 2 aromatic carbocycles. The lowest BCUT2D eigenvalue weighted by molar-refractivity contribution is 0.0356. The van der Waals surface area contributed by atoms with E-state index in [1.807, 2.05) is 0 Å². The SMILES string of the molecule is CC(O)(CN(C1CC1)S(=O)(=O)c1ccc(O)cc1)c1ccc(O)cc1. The lowest BCUT2D eigenvalue weighted by atomic mass is 9.96. The molecule has 134 valence electrons. The smallest absolute Gasteiger partial charge is 0.243 e. The monoisotopic (exact) mass is 363 g/mol. The highest BCUT2D eigenvalue weighted by atomic mass is 32.2. The first kappa shape index (κ1) is 17.7. The van der Waals surface area contributed by atoms with Gasteiger partial charge in [0.25, 0.3) is 0 Å². The molecule has 0 saturated heterocycles. The van der Waals surface area contributed by atoms with E-state index in [0.717, 1.165) is 12.8 Å². The highest BCUT2D eigenvalue weighted by molar-refractivity contribution is 7.89. The van der Waals surface area contributed by atoms with Gasteiger partial charge in [-0.1, -0.05) is 12.1 Å². The summed E-state index contributed by atoms with van der Waals surface area (Å²) in [6.07, 6.45) is 1.51. The van der Waals surface area contributed by atoms with Crippen LogP contribution in [-0.4, -0.2) is 40.6 Å². The summed E-state index contributed by atoms with van der Waals surface area (Å²) < 4.78 is 27.3. The molecule has 0 aliphatic heterocycles. The van der Waals surface area contributed by atoms with Gasteiger partial charge in [-0.15, -0.1) is 0 Å². The zero-order valence-electron chi connectivity index (χ0n) is 13.8. The van der Waals surface area contributed by atoms with Gasteiger partial charge in [-0.3, -0.25) is 0 Å². The zero-order valence-corrected chi connectivity index (χ0v) is 14.6. The van der Waals surface area contributed by atoms with Gasteiger partial charge in [0.15, 0.2) is 0 Å². The van der Waals surface area contributed by atoms with Crippen molar-refractivity contribution in [3.63, 3.8) is 0 Å². The van der Waals surface area contributed by atoms with E-state index in [-0.39, 0.29) is 29.0 Å². The molecule has 1 unspecified atom stereocenters. The number of hydrogen-bond acceptors (Lipinski definition) is 5. The second kappa shape index (κ2) is 6.33. The van der Waals surface area contributed by atoms with Crippen molar-refractivity contribution < 1.29 is 23.7 Å². The molecular formula is C18H21NO5S. The number of aromatic hydroxyl groups is 2. The summed E-state index contributed by atoms with van der Waals surface area (Å²) in [5.74, 6) is 0.0725. The van der Waals surface area contributed by atoms with Gasteiger partial charge in [0.05, 0.1) is 4.90 Å². The first-order valence-electron chi connectivity index (χ1n) is 8.03. The van der Waals surface area contributed by atoms with Crippen molar-refractivity contribution >= 4 is 10.0 Å². The minimum Gasteiger partial charge on any atom is -0.508 e. The average Bonchev–Trinajstić information content (AvgIpc) is 3.38. The summed E-state index contributed by atoms with van der Waals surface area (Å²) >= 11 is 0. The van der Waals surface area contributed by atoms with E-state index in [0.29, 0.717) is 5.56 Å². The zero-order chi connectivity index (χ0) is 18.2. The summed E-state index contributed by atoms with van der Waals surface area (Å²) in [6.45, 7) is 1.47. The molecule has 1 atom stereocenters. The third-order valence-electron chi connectivity index (χ3n) is 4.35. The van der Waals surface area contributed by atoms with E-state index < -0.39 is 15.6 Å². The molecular weight excluding hydrogens is 342 g/mol. The van der Waals surface area contributed by atoms with Crippen LogP contribution in [0.15, 0.2) is 53.4 Å². The van der Waals surface area contributed by atoms with Gasteiger partial charge in [-0.2, -0.15) is 4.31 Å². The van der Waals surface area contributed by atoms with E-state index in [2.05, 4.69) is 0 Å². The van der Waals surface area contributed by atoms with Crippen LogP contribution in [0.4, 0.5) is 0 Å². The van der Waals surface area contributed by atoms with E-state index in [9.17, 15) is 23.7 Å². The predicted molar refractivity (Wildman–Crippen MR) is 92.7 cm³/mol. The summed E-state index contributed by atoms with van der Waals surface area (Å²) in [6, 6.07) is 11.3. The Bertz CT molecular complexity index is 840. The molecule has 1 aliphatic rings. The molecule has 1 aliphatic carbocycles. The third kappa shape index (κ3) is 3.78. The fourth-order valence-corrected chi connectivity index (χ4v) is 4.52. The molecule has 25 heavy (non-hydrogen) atoms. The molecule has 0 heterocycles. The number of nitrogens with zero attached hydrogens (tertiary/aromatic N) is 1. The standard InChI is InChI=1S/C18H21NO5S/c1-18(22,13-2-6-15(20)7-3-13)12-19(14-4-5-14)25(23,24)17-10-8-16(21)9-11-17/h2-3,6-11,14,20-22H,4-5,12H2,1H3. The molecule has 0 aromatic heterocycles. The Morgan fingerprint density at radius 3 is 1.96 bits per heavy atom. The van der Waals surface area contributed by atoms with Gasteiger partial charge >= 0.3 is 0 Å². The highest BCUT2D eigenvalue weighted by Gasteiger charge is 2.42. The molecule has 2 aromatic rings. The van der Waals surface area contributed by atoms with Gasteiger partial charge < -0.3 is 15.3 Å². The second-order valence-electron chi connectivity index (χ2n) is 6.60.